The molecule has 0 amide bonds. The van der Waals surface area contributed by atoms with Gasteiger partial charge in [0, 0.05) is 6.04 Å². The highest BCUT2D eigenvalue weighted by atomic mass is 16.5. The second-order valence-corrected chi connectivity index (χ2v) is 4.16. The molecule has 0 aromatic heterocycles. The predicted molar refractivity (Wildman–Crippen MR) is 59.8 cm³/mol. The number of rotatable bonds is 7. The van der Waals surface area contributed by atoms with Crippen LogP contribution >= 0.6 is 0 Å². The summed E-state index contributed by atoms with van der Waals surface area (Å²) in [6, 6.07) is -0.716. The summed E-state index contributed by atoms with van der Waals surface area (Å²) >= 11 is 0. The van der Waals surface area contributed by atoms with Crippen molar-refractivity contribution in [3.05, 3.63) is 0 Å². The highest BCUT2D eigenvalue weighted by molar-refractivity contribution is 5.94. The van der Waals surface area contributed by atoms with E-state index in [0.717, 1.165) is 12.8 Å². The van der Waals surface area contributed by atoms with Gasteiger partial charge in [0.25, 0.3) is 0 Å². The number of esters is 1. The molecule has 0 rings (SSSR count). The number of carbonyl (C=O) groups is 2. The van der Waals surface area contributed by atoms with E-state index in [4.69, 9.17) is 15.6 Å². The van der Waals surface area contributed by atoms with Crippen LogP contribution in [-0.4, -0.2) is 29.7 Å². The minimum absolute atomic E-state index is 0.0835. The molecular formula is C11H21NO4. The Morgan fingerprint density at radius 3 is 2.31 bits per heavy atom. The molecular weight excluding hydrogens is 210 g/mol. The topological polar surface area (TPSA) is 89.6 Å². The lowest BCUT2D eigenvalue weighted by atomic mass is 9.91. The van der Waals surface area contributed by atoms with Gasteiger partial charge in [-0.3, -0.25) is 9.59 Å². The van der Waals surface area contributed by atoms with E-state index in [1.165, 1.54) is 0 Å². The monoisotopic (exact) mass is 231 g/mol. The molecule has 2 atom stereocenters. The van der Waals surface area contributed by atoms with Crippen molar-refractivity contribution in [2.75, 3.05) is 6.61 Å². The average Bonchev–Trinajstić information content (AvgIpc) is 2.17. The number of unbranched alkanes of at least 4 members (excludes halogenated alkanes) is 1. The number of ether oxygens (including phenoxy) is 1. The van der Waals surface area contributed by atoms with Crippen LogP contribution in [0.2, 0.25) is 0 Å². The zero-order chi connectivity index (χ0) is 12.7. The normalized spacial score (nSPS) is 14.6. The molecule has 5 heteroatoms. The second kappa shape index (κ2) is 7.22. The lowest BCUT2D eigenvalue weighted by Gasteiger charge is -2.21. The summed E-state index contributed by atoms with van der Waals surface area (Å²) in [6.45, 7) is 5.77. The highest BCUT2D eigenvalue weighted by Gasteiger charge is 2.35. The first kappa shape index (κ1) is 14.9. The van der Waals surface area contributed by atoms with Crippen LogP contribution in [0.1, 0.15) is 33.6 Å². The van der Waals surface area contributed by atoms with E-state index in [1.54, 1.807) is 13.8 Å². The van der Waals surface area contributed by atoms with Crippen molar-refractivity contribution in [3.8, 4) is 0 Å². The molecule has 0 heterocycles. The van der Waals surface area contributed by atoms with Crippen LogP contribution in [0.25, 0.3) is 0 Å². The molecule has 0 bridgehead atoms. The van der Waals surface area contributed by atoms with E-state index >= 15 is 0 Å². The first-order valence-electron chi connectivity index (χ1n) is 5.56. The Morgan fingerprint density at radius 1 is 1.38 bits per heavy atom. The van der Waals surface area contributed by atoms with E-state index in [0.29, 0.717) is 0 Å². The van der Waals surface area contributed by atoms with Gasteiger partial charge in [-0.25, -0.2) is 0 Å². The maximum Gasteiger partial charge on any atom is 0.321 e. The van der Waals surface area contributed by atoms with E-state index in [2.05, 4.69) is 0 Å². The van der Waals surface area contributed by atoms with Crippen molar-refractivity contribution < 1.29 is 19.4 Å². The summed E-state index contributed by atoms with van der Waals surface area (Å²) in [6.07, 6.45) is 1.62. The fourth-order valence-corrected chi connectivity index (χ4v) is 1.21. The first-order valence-corrected chi connectivity index (χ1v) is 5.56. The third-order valence-corrected chi connectivity index (χ3v) is 2.42. The van der Waals surface area contributed by atoms with Crippen LogP contribution in [0.4, 0.5) is 0 Å². The number of hydrogen-bond donors (Lipinski definition) is 2. The van der Waals surface area contributed by atoms with Gasteiger partial charge in [0.15, 0.2) is 5.92 Å². The number of carboxylic acids is 1. The quantitative estimate of drug-likeness (QED) is 0.388. The molecule has 16 heavy (non-hydrogen) atoms. The Kier molecular flexibility index (Phi) is 6.72. The Balaban J connectivity index is 4.42. The summed E-state index contributed by atoms with van der Waals surface area (Å²) in [5, 5.41) is 8.94. The molecule has 0 spiro atoms. The summed E-state index contributed by atoms with van der Waals surface area (Å²) in [5.74, 6) is -3.30. The van der Waals surface area contributed by atoms with Gasteiger partial charge in [0.2, 0.25) is 0 Å². The number of hydrogen-bond acceptors (Lipinski definition) is 4. The van der Waals surface area contributed by atoms with E-state index < -0.39 is 23.9 Å². The van der Waals surface area contributed by atoms with Crippen LogP contribution in [0, 0.1) is 11.8 Å². The molecule has 94 valence electrons. The maximum absolute atomic E-state index is 11.5. The fourth-order valence-electron chi connectivity index (χ4n) is 1.21. The molecule has 0 aliphatic heterocycles. The van der Waals surface area contributed by atoms with Gasteiger partial charge in [0.05, 0.1) is 6.61 Å². The van der Waals surface area contributed by atoms with Crippen LogP contribution in [0.5, 0.6) is 0 Å². The summed E-state index contributed by atoms with van der Waals surface area (Å²) in [4.78, 5) is 22.5. The van der Waals surface area contributed by atoms with E-state index in [1.807, 2.05) is 6.92 Å². The van der Waals surface area contributed by atoms with Gasteiger partial charge in [-0.15, -0.1) is 0 Å². The zero-order valence-electron chi connectivity index (χ0n) is 10.1. The summed E-state index contributed by atoms with van der Waals surface area (Å²) in [5.41, 5.74) is 5.69. The van der Waals surface area contributed by atoms with Crippen molar-refractivity contribution in [2.24, 2.45) is 17.6 Å². The number of aliphatic carboxylic acids is 1. The summed E-state index contributed by atoms with van der Waals surface area (Å²) < 4.78 is 4.88. The Hall–Kier alpha value is -1.10. The molecule has 0 aromatic rings. The van der Waals surface area contributed by atoms with Gasteiger partial charge < -0.3 is 15.6 Å². The van der Waals surface area contributed by atoms with Gasteiger partial charge in [-0.1, -0.05) is 27.2 Å². The van der Waals surface area contributed by atoms with Crippen LogP contribution < -0.4 is 5.73 Å². The Labute approximate surface area is 96.0 Å². The van der Waals surface area contributed by atoms with E-state index in [9.17, 15) is 9.59 Å². The minimum Gasteiger partial charge on any atom is -0.481 e. The summed E-state index contributed by atoms with van der Waals surface area (Å²) in [7, 11) is 0. The van der Waals surface area contributed by atoms with Crippen LogP contribution in [-0.2, 0) is 14.3 Å². The number of nitrogens with two attached hydrogens (primary N) is 1. The van der Waals surface area contributed by atoms with Crippen molar-refractivity contribution in [1.29, 1.82) is 0 Å². The van der Waals surface area contributed by atoms with Crippen molar-refractivity contribution in [2.45, 2.75) is 39.7 Å². The predicted octanol–water partition coefficient (Wildman–Crippen LogP) is 1.01. The lowest BCUT2D eigenvalue weighted by Crippen LogP contribution is -2.45. The van der Waals surface area contributed by atoms with Crippen molar-refractivity contribution in [3.63, 3.8) is 0 Å². The van der Waals surface area contributed by atoms with Gasteiger partial charge in [-0.05, 0) is 12.3 Å². The molecule has 0 saturated heterocycles. The van der Waals surface area contributed by atoms with E-state index in [-0.39, 0.29) is 12.5 Å². The Morgan fingerprint density at radius 2 is 1.94 bits per heavy atom. The molecule has 0 saturated carbocycles. The van der Waals surface area contributed by atoms with Crippen molar-refractivity contribution >= 4 is 11.9 Å². The van der Waals surface area contributed by atoms with Crippen LogP contribution in [0.3, 0.4) is 0 Å². The molecule has 0 fully saturated rings. The number of carbonyl (C=O) groups excluding carboxylic acids is 1. The van der Waals surface area contributed by atoms with Gasteiger partial charge in [-0.2, -0.15) is 0 Å². The largest absolute Gasteiger partial charge is 0.481 e. The number of carboxylic acid groups (broad SMARTS) is 1. The molecule has 3 N–H and O–H groups in total. The third kappa shape index (κ3) is 4.61. The maximum atomic E-state index is 11.5. The SMILES string of the molecule is CCCCOC(=O)C(C(=O)O)C(N)C(C)C. The van der Waals surface area contributed by atoms with Gasteiger partial charge >= 0.3 is 11.9 Å². The van der Waals surface area contributed by atoms with Crippen LogP contribution in [0.15, 0.2) is 0 Å². The average molecular weight is 231 g/mol. The fraction of sp³-hybridized carbons (Fsp3) is 0.818. The molecule has 0 radical (unpaired) electrons. The molecule has 2 unspecified atom stereocenters. The minimum atomic E-state index is -1.27. The Bertz CT molecular complexity index is 240. The highest BCUT2D eigenvalue weighted by Crippen LogP contribution is 2.13. The van der Waals surface area contributed by atoms with Gasteiger partial charge in [0.1, 0.15) is 0 Å². The first-order chi connectivity index (χ1) is 7.41. The molecule has 5 nitrogen and oxygen atoms in total. The zero-order valence-corrected chi connectivity index (χ0v) is 10.1. The molecule has 0 aromatic carbocycles. The second-order valence-electron chi connectivity index (χ2n) is 4.16. The molecule has 0 aliphatic carbocycles. The third-order valence-electron chi connectivity index (χ3n) is 2.42. The lowest BCUT2D eigenvalue weighted by molar-refractivity contribution is -0.160. The standard InChI is InChI=1S/C11H21NO4/c1-4-5-6-16-11(15)8(10(13)14)9(12)7(2)3/h7-9H,4-6,12H2,1-3H3,(H,13,14). The molecule has 0 aliphatic rings. The van der Waals surface area contributed by atoms with Crippen molar-refractivity contribution in [1.82, 2.24) is 0 Å². The smallest absolute Gasteiger partial charge is 0.321 e.